The predicted molar refractivity (Wildman–Crippen MR) is 114 cm³/mol. The molecule has 1 saturated carbocycles. The molecule has 148 valence electrons. The number of nitrogens with zero attached hydrogens (tertiary/aromatic N) is 1. The average molecular weight is 427 g/mol. The molecule has 0 radical (unpaired) electrons. The van der Waals surface area contributed by atoms with Crippen molar-refractivity contribution in [2.45, 2.75) is 18.3 Å². The Morgan fingerprint density at radius 1 is 1.14 bits per heavy atom. The lowest BCUT2D eigenvalue weighted by Gasteiger charge is -2.18. The molecule has 2 aromatic carbocycles. The number of halogens is 1. The number of benzene rings is 2. The first kappa shape index (κ1) is 19.7. The zero-order chi connectivity index (χ0) is 20.4. The Balaban J connectivity index is 1.36. The van der Waals surface area contributed by atoms with E-state index in [1.54, 1.807) is 12.1 Å². The summed E-state index contributed by atoms with van der Waals surface area (Å²) in [5.74, 6) is -0.416. The van der Waals surface area contributed by atoms with Gasteiger partial charge in [0.1, 0.15) is 0 Å². The molecule has 0 atom stereocenters. The van der Waals surface area contributed by atoms with Crippen LogP contribution in [0.3, 0.4) is 0 Å². The zero-order valence-electron chi connectivity index (χ0n) is 15.6. The molecular formula is C22H19ClN2O3S. The normalized spacial score (nSPS) is 18.9. The first-order valence-electron chi connectivity index (χ1n) is 9.34. The van der Waals surface area contributed by atoms with Crippen molar-refractivity contribution in [2.75, 3.05) is 13.1 Å². The fraction of sp³-hybridized carbons (Fsp3) is 0.227. The predicted octanol–water partition coefficient (Wildman–Crippen LogP) is 4.22. The van der Waals surface area contributed by atoms with Gasteiger partial charge in [0.2, 0.25) is 5.91 Å². The molecule has 1 aliphatic heterocycles. The van der Waals surface area contributed by atoms with Gasteiger partial charge in [-0.2, -0.15) is 0 Å². The number of hydrogen-bond donors (Lipinski definition) is 1. The lowest BCUT2D eigenvalue weighted by Crippen LogP contribution is -2.41. The van der Waals surface area contributed by atoms with Gasteiger partial charge in [0.25, 0.3) is 11.1 Å². The molecule has 1 aliphatic carbocycles. The molecule has 0 bridgehead atoms. The van der Waals surface area contributed by atoms with E-state index in [2.05, 4.69) is 5.32 Å². The van der Waals surface area contributed by atoms with Gasteiger partial charge < -0.3 is 5.32 Å². The molecule has 29 heavy (non-hydrogen) atoms. The highest BCUT2D eigenvalue weighted by atomic mass is 35.5. The third-order valence-electron chi connectivity index (χ3n) is 5.15. The van der Waals surface area contributed by atoms with Gasteiger partial charge in [-0.3, -0.25) is 19.3 Å². The summed E-state index contributed by atoms with van der Waals surface area (Å²) in [6.45, 7) is 0.367. The van der Waals surface area contributed by atoms with Crippen molar-refractivity contribution < 1.29 is 14.4 Å². The fourth-order valence-electron chi connectivity index (χ4n) is 3.40. The highest BCUT2D eigenvalue weighted by Gasteiger charge is 2.51. The molecule has 1 N–H and O–H groups in total. The van der Waals surface area contributed by atoms with Crippen molar-refractivity contribution in [1.29, 1.82) is 0 Å². The number of carbonyl (C=O) groups is 3. The van der Waals surface area contributed by atoms with Crippen molar-refractivity contribution >= 4 is 46.5 Å². The number of hydrogen-bond acceptors (Lipinski definition) is 4. The molecule has 7 heteroatoms. The fourth-order valence-corrected chi connectivity index (χ4v) is 4.46. The zero-order valence-corrected chi connectivity index (χ0v) is 17.1. The van der Waals surface area contributed by atoms with E-state index in [1.165, 1.54) is 4.90 Å². The molecule has 4 rings (SSSR count). The van der Waals surface area contributed by atoms with Crippen molar-refractivity contribution in [3.05, 3.63) is 75.7 Å². The van der Waals surface area contributed by atoms with Gasteiger partial charge in [-0.15, -0.1) is 0 Å². The Morgan fingerprint density at radius 2 is 1.90 bits per heavy atom. The van der Waals surface area contributed by atoms with Crippen molar-refractivity contribution in [2.24, 2.45) is 0 Å². The van der Waals surface area contributed by atoms with Crippen LogP contribution in [-0.4, -0.2) is 35.0 Å². The molecule has 1 saturated heterocycles. The molecule has 3 amide bonds. The summed E-state index contributed by atoms with van der Waals surface area (Å²) < 4.78 is 0. The SMILES string of the molecule is O=C1S/C(=C/c2ccccc2)C(=O)N1CCNC(=O)C1(c2cccc(Cl)c2)CC1. The van der Waals surface area contributed by atoms with Gasteiger partial charge in [-0.25, -0.2) is 0 Å². The van der Waals surface area contributed by atoms with Gasteiger partial charge in [0.05, 0.1) is 10.3 Å². The number of thioether (sulfide) groups is 1. The van der Waals surface area contributed by atoms with Crippen molar-refractivity contribution in [1.82, 2.24) is 10.2 Å². The van der Waals surface area contributed by atoms with E-state index in [4.69, 9.17) is 11.6 Å². The van der Waals surface area contributed by atoms with Crippen LogP contribution >= 0.6 is 23.4 Å². The second-order valence-electron chi connectivity index (χ2n) is 7.09. The monoisotopic (exact) mass is 426 g/mol. The average Bonchev–Trinajstić information content (AvgIpc) is 3.48. The van der Waals surface area contributed by atoms with Gasteiger partial charge >= 0.3 is 0 Å². The summed E-state index contributed by atoms with van der Waals surface area (Å²) in [5.41, 5.74) is 1.22. The van der Waals surface area contributed by atoms with Crippen LogP contribution in [0.15, 0.2) is 59.5 Å². The van der Waals surface area contributed by atoms with Crippen LogP contribution < -0.4 is 5.32 Å². The minimum Gasteiger partial charge on any atom is -0.354 e. The highest BCUT2D eigenvalue weighted by Crippen LogP contribution is 2.48. The Bertz CT molecular complexity index is 1000. The molecule has 2 aromatic rings. The van der Waals surface area contributed by atoms with Gasteiger partial charge in [-0.05, 0) is 53.9 Å². The van der Waals surface area contributed by atoms with Crippen LogP contribution in [0, 0.1) is 0 Å². The van der Waals surface area contributed by atoms with Crippen LogP contribution in [0.1, 0.15) is 24.0 Å². The molecule has 1 heterocycles. The van der Waals surface area contributed by atoms with Gasteiger partial charge in [0.15, 0.2) is 0 Å². The Morgan fingerprint density at radius 3 is 2.59 bits per heavy atom. The second-order valence-corrected chi connectivity index (χ2v) is 8.52. The summed E-state index contributed by atoms with van der Waals surface area (Å²) in [7, 11) is 0. The number of imide groups is 1. The van der Waals surface area contributed by atoms with Crippen LogP contribution in [0.2, 0.25) is 5.02 Å². The molecule has 0 spiro atoms. The van der Waals surface area contributed by atoms with Gasteiger partial charge in [0, 0.05) is 18.1 Å². The lowest BCUT2D eigenvalue weighted by molar-refractivity contribution is -0.125. The standard InChI is InChI=1S/C22H19ClN2O3S/c23-17-8-4-7-16(14-17)22(9-10-22)20(27)24-11-12-25-19(26)18(29-21(25)28)13-15-5-2-1-3-6-15/h1-8,13-14H,9-12H2,(H,24,27)/b18-13+. The first-order valence-corrected chi connectivity index (χ1v) is 10.5. The van der Waals surface area contributed by atoms with E-state index in [0.29, 0.717) is 9.93 Å². The minimum absolute atomic E-state index is 0.0911. The molecular weight excluding hydrogens is 408 g/mol. The summed E-state index contributed by atoms with van der Waals surface area (Å²) in [5, 5.41) is 3.16. The molecule has 0 unspecified atom stereocenters. The maximum atomic E-state index is 12.7. The molecule has 0 aromatic heterocycles. The Hall–Kier alpha value is -2.57. The van der Waals surface area contributed by atoms with Crippen molar-refractivity contribution in [3.8, 4) is 0 Å². The topological polar surface area (TPSA) is 66.5 Å². The third kappa shape index (κ3) is 4.09. The van der Waals surface area contributed by atoms with E-state index < -0.39 is 5.41 Å². The Kier molecular flexibility index (Phi) is 5.48. The Labute approximate surface area is 178 Å². The number of amides is 3. The number of rotatable bonds is 6. The van der Waals surface area contributed by atoms with E-state index in [9.17, 15) is 14.4 Å². The van der Waals surface area contributed by atoms with Crippen LogP contribution in [0.4, 0.5) is 4.79 Å². The smallest absolute Gasteiger partial charge is 0.293 e. The second kappa shape index (κ2) is 8.05. The van der Waals surface area contributed by atoms with E-state index in [0.717, 1.165) is 35.7 Å². The minimum atomic E-state index is -0.545. The van der Waals surface area contributed by atoms with E-state index in [1.807, 2.05) is 48.5 Å². The lowest BCUT2D eigenvalue weighted by atomic mass is 9.95. The number of carbonyl (C=O) groups excluding carboxylic acids is 3. The maximum Gasteiger partial charge on any atom is 0.293 e. The summed E-state index contributed by atoms with van der Waals surface area (Å²) in [6.07, 6.45) is 3.24. The molecule has 5 nitrogen and oxygen atoms in total. The summed E-state index contributed by atoms with van der Waals surface area (Å²) in [6, 6.07) is 16.7. The quantitative estimate of drug-likeness (QED) is 0.702. The van der Waals surface area contributed by atoms with Crippen LogP contribution in [-0.2, 0) is 15.0 Å². The summed E-state index contributed by atoms with van der Waals surface area (Å²) in [4.78, 5) is 39.1. The maximum absolute atomic E-state index is 12.7. The van der Waals surface area contributed by atoms with Crippen molar-refractivity contribution in [3.63, 3.8) is 0 Å². The molecule has 2 aliphatic rings. The summed E-state index contributed by atoms with van der Waals surface area (Å²) >= 11 is 6.98. The van der Waals surface area contributed by atoms with E-state index >= 15 is 0 Å². The van der Waals surface area contributed by atoms with Crippen LogP contribution in [0.5, 0.6) is 0 Å². The largest absolute Gasteiger partial charge is 0.354 e. The number of nitrogens with one attached hydrogen (secondary N) is 1. The third-order valence-corrected chi connectivity index (χ3v) is 6.30. The van der Waals surface area contributed by atoms with E-state index in [-0.39, 0.29) is 30.1 Å². The van der Waals surface area contributed by atoms with Crippen LogP contribution in [0.25, 0.3) is 6.08 Å². The van der Waals surface area contributed by atoms with Gasteiger partial charge in [-0.1, -0.05) is 54.1 Å². The first-order chi connectivity index (χ1) is 14.0. The highest BCUT2D eigenvalue weighted by molar-refractivity contribution is 8.18. The molecule has 2 fully saturated rings.